The lowest BCUT2D eigenvalue weighted by atomic mass is 10.2. The van der Waals surface area contributed by atoms with Crippen LogP contribution in [0.25, 0.3) is 0 Å². The first-order valence-corrected chi connectivity index (χ1v) is 5.50. The number of rotatable bonds is 5. The van der Waals surface area contributed by atoms with E-state index in [9.17, 15) is 4.79 Å². The average Bonchev–Trinajstić information content (AvgIpc) is 2.51. The van der Waals surface area contributed by atoms with Crippen LogP contribution in [0.5, 0.6) is 0 Å². The Bertz CT molecular complexity index is 285. The molecule has 0 saturated heterocycles. The summed E-state index contributed by atoms with van der Waals surface area (Å²) in [5.74, 6) is -0.0978. The van der Waals surface area contributed by atoms with Crippen LogP contribution >= 0.6 is 0 Å². The zero-order valence-corrected chi connectivity index (χ0v) is 9.24. The molecule has 2 heteroatoms. The normalized spacial score (nSPS) is 14.6. The molecule has 0 amide bonds. The molecule has 0 radical (unpaired) electrons. The minimum atomic E-state index is -0.0978. The first-order valence-electron chi connectivity index (χ1n) is 5.50. The topological polar surface area (TPSA) is 26.3 Å². The predicted molar refractivity (Wildman–Crippen MR) is 61.5 cm³/mol. The molecule has 1 rings (SSSR count). The molecule has 0 fully saturated rings. The van der Waals surface area contributed by atoms with Gasteiger partial charge in [0, 0.05) is 6.42 Å². The van der Waals surface area contributed by atoms with Crippen molar-refractivity contribution in [2.24, 2.45) is 0 Å². The van der Waals surface area contributed by atoms with Crippen molar-refractivity contribution in [2.45, 2.75) is 32.6 Å². The maximum Gasteiger partial charge on any atom is 0.306 e. The summed E-state index contributed by atoms with van der Waals surface area (Å²) < 4.78 is 5.15. The Morgan fingerprint density at radius 2 is 2.33 bits per heavy atom. The summed E-state index contributed by atoms with van der Waals surface area (Å²) in [4.78, 5) is 11.2. The predicted octanol–water partition coefficient (Wildman–Crippen LogP) is 3.16. The highest BCUT2D eigenvalue weighted by atomic mass is 16.5. The van der Waals surface area contributed by atoms with Crippen LogP contribution < -0.4 is 0 Å². The summed E-state index contributed by atoms with van der Waals surface area (Å²) in [6.45, 7) is 2.46. The molecule has 15 heavy (non-hydrogen) atoms. The zero-order valence-electron chi connectivity index (χ0n) is 9.24. The van der Waals surface area contributed by atoms with Gasteiger partial charge < -0.3 is 4.74 Å². The Kier molecular flexibility index (Phi) is 5.52. The van der Waals surface area contributed by atoms with Crippen LogP contribution in [0.3, 0.4) is 0 Å². The van der Waals surface area contributed by atoms with Crippen LogP contribution in [0.15, 0.2) is 36.0 Å². The maximum absolute atomic E-state index is 11.2. The van der Waals surface area contributed by atoms with E-state index in [0.717, 1.165) is 24.8 Å². The quantitative estimate of drug-likeness (QED) is 0.646. The van der Waals surface area contributed by atoms with Gasteiger partial charge in [-0.25, -0.2) is 0 Å². The standard InChI is InChI=1S/C13H18O2/c1-2-3-10-13(14)15-11-12-8-6-4-5-7-9-12/h4,6-9H,2-3,5,10-11H2,1H3. The Hall–Kier alpha value is -1.31. The van der Waals surface area contributed by atoms with E-state index < -0.39 is 0 Å². The molecule has 0 saturated carbocycles. The molecule has 1 aliphatic carbocycles. The second-order valence-electron chi connectivity index (χ2n) is 3.57. The molecule has 0 aliphatic heterocycles. The molecule has 2 nitrogen and oxygen atoms in total. The van der Waals surface area contributed by atoms with Crippen LogP contribution in [0.1, 0.15) is 32.6 Å². The third kappa shape index (κ3) is 5.21. The van der Waals surface area contributed by atoms with Gasteiger partial charge in [0.1, 0.15) is 6.61 Å². The highest BCUT2D eigenvalue weighted by molar-refractivity contribution is 5.69. The van der Waals surface area contributed by atoms with Crippen LogP contribution in [-0.2, 0) is 9.53 Å². The SMILES string of the molecule is CCCCC(=O)OCC1=CC=CCC=C1. The Labute approximate surface area is 91.3 Å². The fourth-order valence-corrected chi connectivity index (χ4v) is 1.28. The van der Waals surface area contributed by atoms with Gasteiger partial charge in [0.2, 0.25) is 0 Å². The maximum atomic E-state index is 11.2. The molecule has 0 aromatic carbocycles. The molecular weight excluding hydrogens is 188 g/mol. The molecule has 0 bridgehead atoms. The third-order valence-corrected chi connectivity index (χ3v) is 2.18. The van der Waals surface area contributed by atoms with Crippen molar-refractivity contribution in [1.82, 2.24) is 0 Å². The van der Waals surface area contributed by atoms with Crippen LogP contribution in [0, 0.1) is 0 Å². The molecular formula is C13H18O2. The molecule has 1 aliphatic rings. The molecule has 0 heterocycles. The molecule has 0 spiro atoms. The van der Waals surface area contributed by atoms with Gasteiger partial charge in [-0.1, -0.05) is 43.7 Å². The summed E-state index contributed by atoms with van der Waals surface area (Å²) in [5.41, 5.74) is 1.05. The second kappa shape index (κ2) is 7.04. The number of hydrogen-bond donors (Lipinski definition) is 0. The Balaban J connectivity index is 2.27. The number of ether oxygens (including phenoxy) is 1. The van der Waals surface area contributed by atoms with E-state index in [1.165, 1.54) is 0 Å². The van der Waals surface area contributed by atoms with E-state index in [4.69, 9.17) is 4.74 Å². The van der Waals surface area contributed by atoms with Crippen molar-refractivity contribution in [3.63, 3.8) is 0 Å². The van der Waals surface area contributed by atoms with Gasteiger partial charge in [-0.2, -0.15) is 0 Å². The van der Waals surface area contributed by atoms with E-state index >= 15 is 0 Å². The van der Waals surface area contributed by atoms with Crippen molar-refractivity contribution in [3.8, 4) is 0 Å². The van der Waals surface area contributed by atoms with Gasteiger partial charge in [-0.05, 0) is 18.4 Å². The minimum absolute atomic E-state index is 0.0978. The van der Waals surface area contributed by atoms with Gasteiger partial charge in [-0.15, -0.1) is 0 Å². The van der Waals surface area contributed by atoms with E-state index in [1.807, 2.05) is 18.2 Å². The summed E-state index contributed by atoms with van der Waals surface area (Å²) in [7, 11) is 0. The first kappa shape index (κ1) is 11.8. The molecule has 0 N–H and O–H groups in total. The lowest BCUT2D eigenvalue weighted by molar-refractivity contribution is -0.142. The lowest BCUT2D eigenvalue weighted by Crippen LogP contribution is -2.06. The van der Waals surface area contributed by atoms with E-state index in [0.29, 0.717) is 13.0 Å². The number of esters is 1. The van der Waals surface area contributed by atoms with Crippen LogP contribution in [-0.4, -0.2) is 12.6 Å². The van der Waals surface area contributed by atoms with Crippen LogP contribution in [0.4, 0.5) is 0 Å². The number of carbonyl (C=O) groups excluding carboxylic acids is 1. The number of hydrogen-bond acceptors (Lipinski definition) is 2. The van der Waals surface area contributed by atoms with E-state index in [1.54, 1.807) is 0 Å². The monoisotopic (exact) mass is 206 g/mol. The largest absolute Gasteiger partial charge is 0.461 e. The number of carbonyl (C=O) groups is 1. The minimum Gasteiger partial charge on any atom is -0.461 e. The summed E-state index contributed by atoms with van der Waals surface area (Å²) in [6, 6.07) is 0. The lowest BCUT2D eigenvalue weighted by Gasteiger charge is -2.04. The molecule has 82 valence electrons. The third-order valence-electron chi connectivity index (χ3n) is 2.18. The smallest absolute Gasteiger partial charge is 0.306 e. The highest BCUT2D eigenvalue weighted by Crippen LogP contribution is 2.06. The summed E-state index contributed by atoms with van der Waals surface area (Å²) >= 11 is 0. The van der Waals surface area contributed by atoms with Crippen molar-refractivity contribution in [2.75, 3.05) is 6.61 Å². The second-order valence-corrected chi connectivity index (χ2v) is 3.57. The average molecular weight is 206 g/mol. The van der Waals surface area contributed by atoms with Crippen molar-refractivity contribution >= 4 is 5.97 Å². The van der Waals surface area contributed by atoms with Gasteiger partial charge >= 0.3 is 5.97 Å². The summed E-state index contributed by atoms with van der Waals surface area (Å²) in [5, 5.41) is 0. The highest BCUT2D eigenvalue weighted by Gasteiger charge is 2.02. The molecule has 0 aromatic rings. The molecule has 0 unspecified atom stereocenters. The zero-order chi connectivity index (χ0) is 10.9. The molecule has 0 atom stereocenters. The number of allylic oxidation sites excluding steroid dienone is 4. The van der Waals surface area contributed by atoms with Crippen molar-refractivity contribution in [1.29, 1.82) is 0 Å². The van der Waals surface area contributed by atoms with Gasteiger partial charge in [-0.3, -0.25) is 4.79 Å². The number of unbranched alkanes of at least 4 members (excludes halogenated alkanes) is 1. The van der Waals surface area contributed by atoms with E-state index in [2.05, 4.69) is 19.1 Å². The fraction of sp³-hybridized carbons (Fsp3) is 0.462. The van der Waals surface area contributed by atoms with Crippen LogP contribution in [0.2, 0.25) is 0 Å². The summed E-state index contributed by atoms with van der Waals surface area (Å²) in [6.07, 6.45) is 13.5. The first-order chi connectivity index (χ1) is 7.33. The van der Waals surface area contributed by atoms with Crippen molar-refractivity contribution in [3.05, 3.63) is 36.0 Å². The molecule has 0 aromatic heterocycles. The van der Waals surface area contributed by atoms with Gasteiger partial charge in [0.25, 0.3) is 0 Å². The fourth-order valence-electron chi connectivity index (χ4n) is 1.28. The van der Waals surface area contributed by atoms with Gasteiger partial charge in [0.15, 0.2) is 0 Å². The van der Waals surface area contributed by atoms with Crippen molar-refractivity contribution < 1.29 is 9.53 Å². The van der Waals surface area contributed by atoms with Gasteiger partial charge in [0.05, 0.1) is 0 Å². The Morgan fingerprint density at radius 1 is 1.47 bits per heavy atom. The Morgan fingerprint density at radius 3 is 3.13 bits per heavy atom. The van der Waals surface area contributed by atoms with E-state index in [-0.39, 0.29) is 5.97 Å².